The van der Waals surface area contributed by atoms with Gasteiger partial charge in [-0.05, 0) is 30.2 Å². The van der Waals surface area contributed by atoms with Gasteiger partial charge in [-0.15, -0.1) is 0 Å². The number of rotatable bonds is 6. The SMILES string of the molecule is CC(C)C(NCC(O)C1CC1)c1ccccc1. The molecule has 0 aliphatic heterocycles. The Bertz CT molecular complexity index is 332. The van der Waals surface area contributed by atoms with Gasteiger partial charge in [0.05, 0.1) is 6.10 Å². The Balaban J connectivity index is 1.93. The highest BCUT2D eigenvalue weighted by atomic mass is 16.3. The summed E-state index contributed by atoms with van der Waals surface area (Å²) < 4.78 is 0. The lowest BCUT2D eigenvalue weighted by Crippen LogP contribution is -2.33. The lowest BCUT2D eigenvalue weighted by atomic mass is 9.96. The number of benzene rings is 1. The van der Waals surface area contributed by atoms with Crippen LogP contribution < -0.4 is 5.32 Å². The second kappa shape index (κ2) is 5.65. The van der Waals surface area contributed by atoms with Crippen LogP contribution in [0.1, 0.15) is 38.3 Å². The Morgan fingerprint density at radius 2 is 1.88 bits per heavy atom. The minimum Gasteiger partial charge on any atom is -0.392 e. The molecule has 2 nitrogen and oxygen atoms in total. The zero-order valence-electron chi connectivity index (χ0n) is 10.8. The number of aliphatic hydroxyl groups is 1. The molecule has 17 heavy (non-hydrogen) atoms. The lowest BCUT2D eigenvalue weighted by Gasteiger charge is -2.24. The molecule has 0 amide bonds. The van der Waals surface area contributed by atoms with Crippen LogP contribution in [-0.2, 0) is 0 Å². The van der Waals surface area contributed by atoms with E-state index in [1.807, 2.05) is 6.07 Å². The van der Waals surface area contributed by atoms with Gasteiger partial charge in [0, 0.05) is 12.6 Å². The molecule has 2 atom stereocenters. The van der Waals surface area contributed by atoms with Crippen molar-refractivity contribution >= 4 is 0 Å². The third-order valence-electron chi connectivity index (χ3n) is 3.54. The van der Waals surface area contributed by atoms with E-state index in [1.54, 1.807) is 0 Å². The summed E-state index contributed by atoms with van der Waals surface area (Å²) in [5, 5.41) is 13.4. The molecule has 2 rings (SSSR count). The number of nitrogens with one attached hydrogen (secondary N) is 1. The van der Waals surface area contributed by atoms with Crippen molar-refractivity contribution in [2.45, 2.75) is 38.8 Å². The quantitative estimate of drug-likeness (QED) is 0.792. The van der Waals surface area contributed by atoms with Crippen molar-refractivity contribution in [2.24, 2.45) is 11.8 Å². The molecular formula is C15H23NO. The van der Waals surface area contributed by atoms with Crippen molar-refractivity contribution in [1.82, 2.24) is 5.32 Å². The molecule has 0 saturated heterocycles. The van der Waals surface area contributed by atoms with Crippen LogP contribution in [0.5, 0.6) is 0 Å². The highest BCUT2D eigenvalue weighted by Crippen LogP contribution is 2.32. The molecule has 2 unspecified atom stereocenters. The molecule has 1 saturated carbocycles. The van der Waals surface area contributed by atoms with E-state index in [0.29, 0.717) is 24.4 Å². The van der Waals surface area contributed by atoms with Crippen molar-refractivity contribution in [3.8, 4) is 0 Å². The van der Waals surface area contributed by atoms with Gasteiger partial charge in [0.25, 0.3) is 0 Å². The van der Waals surface area contributed by atoms with Gasteiger partial charge in [-0.2, -0.15) is 0 Å². The highest BCUT2D eigenvalue weighted by molar-refractivity contribution is 5.19. The van der Waals surface area contributed by atoms with Crippen molar-refractivity contribution < 1.29 is 5.11 Å². The normalized spacial score (nSPS) is 19.3. The summed E-state index contributed by atoms with van der Waals surface area (Å²) in [6.07, 6.45) is 2.22. The smallest absolute Gasteiger partial charge is 0.0692 e. The van der Waals surface area contributed by atoms with Gasteiger partial charge in [0.1, 0.15) is 0 Å². The molecule has 1 aliphatic rings. The fourth-order valence-electron chi connectivity index (χ4n) is 2.29. The second-order valence-electron chi connectivity index (χ2n) is 5.45. The van der Waals surface area contributed by atoms with Gasteiger partial charge in [-0.25, -0.2) is 0 Å². The van der Waals surface area contributed by atoms with Crippen LogP contribution in [0.15, 0.2) is 30.3 Å². The standard InChI is InChI=1S/C15H23NO/c1-11(2)15(13-6-4-3-5-7-13)16-10-14(17)12-8-9-12/h3-7,11-12,14-17H,8-10H2,1-2H3. The number of hydrogen-bond acceptors (Lipinski definition) is 2. The van der Waals surface area contributed by atoms with E-state index in [1.165, 1.54) is 18.4 Å². The molecule has 2 N–H and O–H groups in total. The predicted molar refractivity (Wildman–Crippen MR) is 70.8 cm³/mol. The van der Waals surface area contributed by atoms with Crippen molar-refractivity contribution in [2.75, 3.05) is 6.54 Å². The monoisotopic (exact) mass is 233 g/mol. The minimum absolute atomic E-state index is 0.167. The third kappa shape index (κ3) is 3.55. The van der Waals surface area contributed by atoms with Crippen LogP contribution in [0.4, 0.5) is 0 Å². The van der Waals surface area contributed by atoms with Gasteiger partial charge in [0.15, 0.2) is 0 Å². The van der Waals surface area contributed by atoms with E-state index >= 15 is 0 Å². The van der Waals surface area contributed by atoms with Crippen LogP contribution in [0.3, 0.4) is 0 Å². The van der Waals surface area contributed by atoms with E-state index in [9.17, 15) is 5.11 Å². The first kappa shape index (κ1) is 12.6. The van der Waals surface area contributed by atoms with E-state index in [0.717, 1.165) is 0 Å². The van der Waals surface area contributed by atoms with Crippen LogP contribution >= 0.6 is 0 Å². The third-order valence-corrected chi connectivity index (χ3v) is 3.54. The zero-order valence-corrected chi connectivity index (χ0v) is 10.8. The summed E-state index contributed by atoms with van der Waals surface area (Å²) >= 11 is 0. The summed E-state index contributed by atoms with van der Waals surface area (Å²) in [5.74, 6) is 1.08. The molecule has 1 aromatic rings. The van der Waals surface area contributed by atoms with Crippen LogP contribution in [0.25, 0.3) is 0 Å². The van der Waals surface area contributed by atoms with E-state index in [4.69, 9.17) is 0 Å². The first-order chi connectivity index (χ1) is 8.18. The topological polar surface area (TPSA) is 32.3 Å². The number of hydrogen-bond donors (Lipinski definition) is 2. The Hall–Kier alpha value is -0.860. The number of aliphatic hydroxyl groups excluding tert-OH is 1. The fourth-order valence-corrected chi connectivity index (χ4v) is 2.29. The molecule has 0 spiro atoms. The summed E-state index contributed by atoms with van der Waals surface area (Å²) in [4.78, 5) is 0. The van der Waals surface area contributed by atoms with Gasteiger partial charge in [-0.1, -0.05) is 44.2 Å². The Labute approximate surface area is 104 Å². The summed E-state index contributed by atoms with van der Waals surface area (Å²) in [6, 6.07) is 10.8. The maximum absolute atomic E-state index is 9.90. The Kier molecular flexibility index (Phi) is 4.19. The van der Waals surface area contributed by atoms with Crippen molar-refractivity contribution in [3.05, 3.63) is 35.9 Å². The molecule has 94 valence electrons. The average molecular weight is 233 g/mol. The molecule has 2 heteroatoms. The van der Waals surface area contributed by atoms with Crippen LogP contribution in [-0.4, -0.2) is 17.8 Å². The van der Waals surface area contributed by atoms with E-state index in [-0.39, 0.29) is 6.10 Å². The summed E-state index contributed by atoms with van der Waals surface area (Å²) in [7, 11) is 0. The van der Waals surface area contributed by atoms with Crippen molar-refractivity contribution in [1.29, 1.82) is 0 Å². The molecule has 0 radical (unpaired) electrons. The molecule has 1 aromatic carbocycles. The van der Waals surface area contributed by atoms with Crippen LogP contribution in [0, 0.1) is 11.8 Å². The first-order valence-corrected chi connectivity index (χ1v) is 6.65. The van der Waals surface area contributed by atoms with Gasteiger partial charge in [-0.3, -0.25) is 0 Å². The lowest BCUT2D eigenvalue weighted by molar-refractivity contribution is 0.141. The van der Waals surface area contributed by atoms with E-state index in [2.05, 4.69) is 43.4 Å². The maximum Gasteiger partial charge on any atom is 0.0692 e. The van der Waals surface area contributed by atoms with Crippen molar-refractivity contribution in [3.63, 3.8) is 0 Å². The van der Waals surface area contributed by atoms with Gasteiger partial charge in [0.2, 0.25) is 0 Å². The predicted octanol–water partition coefficient (Wildman–Crippen LogP) is 2.74. The molecule has 1 aliphatic carbocycles. The fraction of sp³-hybridized carbons (Fsp3) is 0.600. The molecule has 0 bridgehead atoms. The highest BCUT2D eigenvalue weighted by Gasteiger charge is 2.30. The van der Waals surface area contributed by atoms with Crippen LogP contribution in [0.2, 0.25) is 0 Å². The minimum atomic E-state index is -0.167. The largest absolute Gasteiger partial charge is 0.392 e. The Morgan fingerprint density at radius 1 is 1.24 bits per heavy atom. The van der Waals surface area contributed by atoms with Gasteiger partial charge >= 0.3 is 0 Å². The molecule has 0 aromatic heterocycles. The summed E-state index contributed by atoms with van der Waals surface area (Å²) in [6.45, 7) is 5.14. The van der Waals surface area contributed by atoms with Gasteiger partial charge < -0.3 is 10.4 Å². The Morgan fingerprint density at radius 3 is 2.41 bits per heavy atom. The zero-order chi connectivity index (χ0) is 12.3. The summed E-state index contributed by atoms with van der Waals surface area (Å²) in [5.41, 5.74) is 1.31. The maximum atomic E-state index is 9.90. The average Bonchev–Trinajstić information content (AvgIpc) is 3.14. The van der Waals surface area contributed by atoms with E-state index < -0.39 is 0 Å². The molecule has 0 heterocycles. The molecular weight excluding hydrogens is 210 g/mol. The molecule has 1 fully saturated rings. The second-order valence-corrected chi connectivity index (χ2v) is 5.45. The first-order valence-electron chi connectivity index (χ1n) is 6.65.